The molecule has 1 heterocycles. The summed E-state index contributed by atoms with van der Waals surface area (Å²) < 4.78 is 5.99. The number of hydrogen-bond acceptors (Lipinski definition) is 4. The van der Waals surface area contributed by atoms with E-state index in [0.29, 0.717) is 11.6 Å². The second-order valence-electron chi connectivity index (χ2n) is 3.70. The number of benzene rings is 1. The van der Waals surface area contributed by atoms with Gasteiger partial charge in [-0.2, -0.15) is 0 Å². The molecule has 0 aliphatic carbocycles. The minimum absolute atomic E-state index is 0.108. The molecule has 0 atom stereocenters. The van der Waals surface area contributed by atoms with Gasteiger partial charge < -0.3 is 15.2 Å². The lowest BCUT2D eigenvalue weighted by Gasteiger charge is -2.08. The van der Waals surface area contributed by atoms with E-state index in [4.69, 9.17) is 4.74 Å². The lowest BCUT2D eigenvalue weighted by Crippen LogP contribution is -2.13. The molecule has 0 aliphatic rings. The van der Waals surface area contributed by atoms with Gasteiger partial charge in [0.25, 0.3) is 5.91 Å². The van der Waals surface area contributed by atoms with Gasteiger partial charge in [0, 0.05) is 9.77 Å². The maximum atomic E-state index is 12.0. The molecule has 5 nitrogen and oxygen atoms in total. The van der Waals surface area contributed by atoms with Crippen LogP contribution in [0.25, 0.3) is 0 Å². The zero-order chi connectivity index (χ0) is 13.8. The number of amides is 1. The third-order valence-electron chi connectivity index (χ3n) is 2.42. The molecule has 1 aromatic heterocycles. The van der Waals surface area contributed by atoms with Crippen molar-refractivity contribution in [1.82, 2.24) is 4.98 Å². The van der Waals surface area contributed by atoms with Crippen LogP contribution in [0, 0.1) is 3.57 Å². The second kappa shape index (κ2) is 5.87. The Morgan fingerprint density at radius 2 is 2.16 bits per heavy atom. The molecule has 2 rings (SSSR count). The third-order valence-corrected chi connectivity index (χ3v) is 3.06. The molecule has 1 amide bonds. The minimum Gasteiger partial charge on any atom is -0.507 e. The van der Waals surface area contributed by atoms with E-state index in [9.17, 15) is 9.90 Å². The summed E-state index contributed by atoms with van der Waals surface area (Å²) in [5, 5.41) is 12.3. The Balaban J connectivity index is 2.22. The maximum Gasteiger partial charge on any atom is 0.260 e. The van der Waals surface area contributed by atoms with Crippen LogP contribution in [0.2, 0.25) is 0 Å². The lowest BCUT2D eigenvalue weighted by molar-refractivity contribution is 0.102. The SMILES string of the molecule is COc1ccc(O)c(C(=O)Nc2ccc(I)cn2)c1. The monoisotopic (exact) mass is 370 g/mol. The quantitative estimate of drug-likeness (QED) is 0.815. The Labute approximate surface area is 123 Å². The molecule has 0 fully saturated rings. The highest BCUT2D eigenvalue weighted by Gasteiger charge is 2.13. The number of pyridine rings is 1. The van der Waals surface area contributed by atoms with E-state index in [1.807, 2.05) is 6.07 Å². The van der Waals surface area contributed by atoms with Gasteiger partial charge in [-0.15, -0.1) is 0 Å². The predicted octanol–water partition coefficient (Wildman–Crippen LogP) is 2.65. The summed E-state index contributed by atoms with van der Waals surface area (Å²) in [7, 11) is 1.49. The molecule has 0 radical (unpaired) electrons. The molecule has 0 saturated heterocycles. The van der Waals surface area contributed by atoms with E-state index >= 15 is 0 Å². The first-order valence-corrected chi connectivity index (χ1v) is 6.48. The van der Waals surface area contributed by atoms with Crippen LogP contribution in [-0.4, -0.2) is 23.1 Å². The van der Waals surface area contributed by atoms with E-state index in [1.54, 1.807) is 18.3 Å². The summed E-state index contributed by atoms with van der Waals surface area (Å²) in [6, 6.07) is 7.98. The number of ether oxygens (including phenoxy) is 1. The highest BCUT2D eigenvalue weighted by molar-refractivity contribution is 14.1. The zero-order valence-electron chi connectivity index (χ0n) is 10.1. The first kappa shape index (κ1) is 13.6. The van der Waals surface area contributed by atoms with Crippen LogP contribution in [0.1, 0.15) is 10.4 Å². The van der Waals surface area contributed by atoms with Crippen molar-refractivity contribution < 1.29 is 14.6 Å². The fraction of sp³-hybridized carbons (Fsp3) is 0.0769. The molecule has 0 bridgehead atoms. The van der Waals surface area contributed by atoms with Crippen molar-refractivity contribution in [2.75, 3.05) is 12.4 Å². The minimum atomic E-state index is -0.440. The van der Waals surface area contributed by atoms with Gasteiger partial charge in [0.05, 0.1) is 12.7 Å². The van der Waals surface area contributed by atoms with Crippen LogP contribution in [0.3, 0.4) is 0 Å². The fourth-order valence-electron chi connectivity index (χ4n) is 1.46. The van der Waals surface area contributed by atoms with Gasteiger partial charge in [0.15, 0.2) is 0 Å². The van der Waals surface area contributed by atoms with Gasteiger partial charge >= 0.3 is 0 Å². The smallest absolute Gasteiger partial charge is 0.260 e. The van der Waals surface area contributed by atoms with Gasteiger partial charge in [0.2, 0.25) is 0 Å². The first-order valence-electron chi connectivity index (χ1n) is 5.40. The van der Waals surface area contributed by atoms with Gasteiger partial charge in [-0.1, -0.05) is 0 Å². The zero-order valence-corrected chi connectivity index (χ0v) is 12.2. The molecular weight excluding hydrogens is 359 g/mol. The number of phenolic OH excluding ortho intramolecular Hbond substituents is 1. The normalized spacial score (nSPS) is 10.0. The molecule has 98 valence electrons. The Kier molecular flexibility index (Phi) is 4.20. The standard InChI is InChI=1S/C13H11IN2O3/c1-19-9-3-4-11(17)10(6-9)13(18)16-12-5-2-8(14)7-15-12/h2-7,17H,1H3,(H,15,16,18). The van der Waals surface area contributed by atoms with E-state index < -0.39 is 5.91 Å². The molecule has 2 aromatic rings. The average molecular weight is 370 g/mol. The van der Waals surface area contributed by atoms with Gasteiger partial charge in [-0.25, -0.2) is 4.98 Å². The number of nitrogens with one attached hydrogen (secondary N) is 1. The van der Waals surface area contributed by atoms with Crippen LogP contribution in [-0.2, 0) is 0 Å². The van der Waals surface area contributed by atoms with Crippen molar-refractivity contribution in [2.24, 2.45) is 0 Å². The molecule has 0 unspecified atom stereocenters. The third kappa shape index (κ3) is 3.34. The van der Waals surface area contributed by atoms with Crippen LogP contribution in [0.4, 0.5) is 5.82 Å². The number of aromatic hydroxyl groups is 1. The van der Waals surface area contributed by atoms with Crippen molar-refractivity contribution in [2.45, 2.75) is 0 Å². The van der Waals surface area contributed by atoms with E-state index in [1.165, 1.54) is 19.2 Å². The molecule has 1 aromatic carbocycles. The number of nitrogens with zero attached hydrogens (tertiary/aromatic N) is 1. The van der Waals surface area contributed by atoms with Gasteiger partial charge in [-0.3, -0.25) is 4.79 Å². The topological polar surface area (TPSA) is 71.5 Å². The Bertz CT molecular complexity index is 599. The number of halogens is 1. The van der Waals surface area contributed by atoms with Crippen molar-refractivity contribution >= 4 is 34.3 Å². The predicted molar refractivity (Wildman–Crippen MR) is 79.6 cm³/mol. The molecule has 6 heteroatoms. The molecular formula is C13H11IN2O3. The molecule has 19 heavy (non-hydrogen) atoms. The van der Waals surface area contributed by atoms with Crippen molar-refractivity contribution in [3.63, 3.8) is 0 Å². The number of aromatic nitrogens is 1. The summed E-state index contributed by atoms with van der Waals surface area (Å²) in [6.07, 6.45) is 1.64. The number of methoxy groups -OCH3 is 1. The summed E-state index contributed by atoms with van der Waals surface area (Å²) in [5.74, 6) is 0.375. The Hall–Kier alpha value is -1.83. The second-order valence-corrected chi connectivity index (χ2v) is 4.94. The Morgan fingerprint density at radius 1 is 1.37 bits per heavy atom. The van der Waals surface area contributed by atoms with Crippen molar-refractivity contribution in [3.05, 3.63) is 45.7 Å². The summed E-state index contributed by atoms with van der Waals surface area (Å²) >= 11 is 2.12. The average Bonchev–Trinajstić information content (AvgIpc) is 2.42. The number of rotatable bonds is 3. The van der Waals surface area contributed by atoms with Gasteiger partial charge in [0.1, 0.15) is 17.3 Å². The summed E-state index contributed by atoms with van der Waals surface area (Å²) in [5.41, 5.74) is 0.139. The van der Waals surface area contributed by atoms with Crippen LogP contribution < -0.4 is 10.1 Å². The number of hydrogen-bond donors (Lipinski definition) is 2. The Morgan fingerprint density at radius 3 is 2.79 bits per heavy atom. The lowest BCUT2D eigenvalue weighted by atomic mass is 10.1. The van der Waals surface area contributed by atoms with Crippen LogP contribution >= 0.6 is 22.6 Å². The van der Waals surface area contributed by atoms with E-state index in [0.717, 1.165) is 3.57 Å². The number of carbonyl (C=O) groups is 1. The number of phenols is 1. The largest absolute Gasteiger partial charge is 0.507 e. The summed E-state index contributed by atoms with van der Waals surface area (Å²) in [6.45, 7) is 0. The fourth-order valence-corrected chi connectivity index (χ4v) is 1.78. The number of carbonyl (C=O) groups excluding carboxylic acids is 1. The van der Waals surface area contributed by atoms with Crippen LogP contribution in [0.15, 0.2) is 36.5 Å². The molecule has 0 aliphatic heterocycles. The molecule has 0 saturated carbocycles. The van der Waals surface area contributed by atoms with Crippen molar-refractivity contribution in [3.8, 4) is 11.5 Å². The highest BCUT2D eigenvalue weighted by atomic mass is 127. The van der Waals surface area contributed by atoms with E-state index in [-0.39, 0.29) is 11.3 Å². The van der Waals surface area contributed by atoms with Crippen molar-refractivity contribution in [1.29, 1.82) is 0 Å². The first-order chi connectivity index (χ1) is 9.10. The van der Waals surface area contributed by atoms with E-state index in [2.05, 4.69) is 32.9 Å². The van der Waals surface area contributed by atoms with Crippen LogP contribution in [0.5, 0.6) is 11.5 Å². The summed E-state index contributed by atoms with van der Waals surface area (Å²) in [4.78, 5) is 16.1. The molecule has 0 spiro atoms. The highest BCUT2D eigenvalue weighted by Crippen LogP contribution is 2.23. The number of anilines is 1. The maximum absolute atomic E-state index is 12.0. The molecule has 2 N–H and O–H groups in total. The van der Waals surface area contributed by atoms with Gasteiger partial charge in [-0.05, 0) is 52.9 Å².